The van der Waals surface area contributed by atoms with E-state index in [0.29, 0.717) is 16.5 Å². The van der Waals surface area contributed by atoms with Gasteiger partial charge in [-0.15, -0.1) is 0 Å². The molecule has 0 saturated carbocycles. The molecule has 0 saturated heterocycles. The number of aryl methyl sites for hydroxylation is 3. The molecule has 3 rings (SSSR count). The van der Waals surface area contributed by atoms with Crippen LogP contribution in [0.5, 0.6) is 0 Å². The van der Waals surface area contributed by atoms with E-state index < -0.39 is 10.0 Å². The van der Waals surface area contributed by atoms with Crippen molar-refractivity contribution < 1.29 is 8.42 Å². The van der Waals surface area contributed by atoms with Crippen LogP contribution in [0.15, 0.2) is 29.2 Å². The Hall–Kier alpha value is -1.99. The fraction of sp³-hybridized carbons (Fsp3) is 0.444. The van der Waals surface area contributed by atoms with Gasteiger partial charge < -0.3 is 4.90 Å². The molecule has 6 nitrogen and oxygen atoms in total. The van der Waals surface area contributed by atoms with Crippen LogP contribution in [0, 0.1) is 6.92 Å². The van der Waals surface area contributed by atoms with Gasteiger partial charge in [0.25, 0.3) is 0 Å². The molecule has 134 valence electrons. The fourth-order valence-electron chi connectivity index (χ4n) is 3.04. The van der Waals surface area contributed by atoms with Gasteiger partial charge in [-0.2, -0.15) is 0 Å². The Labute approximate surface area is 149 Å². The third-order valence-corrected chi connectivity index (χ3v) is 5.77. The predicted molar refractivity (Wildman–Crippen MR) is 98.2 cm³/mol. The predicted octanol–water partition coefficient (Wildman–Crippen LogP) is 2.21. The average molecular weight is 360 g/mol. The van der Waals surface area contributed by atoms with Gasteiger partial charge >= 0.3 is 0 Å². The molecule has 1 aromatic carbocycles. The van der Waals surface area contributed by atoms with E-state index in [1.54, 1.807) is 17.0 Å². The lowest BCUT2D eigenvalue weighted by Crippen LogP contribution is -2.25. The first-order valence-electron chi connectivity index (χ1n) is 8.48. The first-order valence-corrected chi connectivity index (χ1v) is 9.97. The summed E-state index contributed by atoms with van der Waals surface area (Å²) in [7, 11) is 0.152. The minimum absolute atomic E-state index is 0.142. The number of fused-ring (bicyclic) bond motifs is 1. The maximum absolute atomic E-state index is 12.6. The second-order valence-corrected chi connectivity index (χ2v) is 8.42. The molecule has 2 aromatic rings. The topological polar surface area (TPSA) is 75.2 Å². The molecule has 0 unspecified atom stereocenters. The van der Waals surface area contributed by atoms with E-state index in [4.69, 9.17) is 0 Å². The van der Waals surface area contributed by atoms with Crippen LogP contribution < -0.4 is 9.62 Å². The van der Waals surface area contributed by atoms with Gasteiger partial charge in [0, 0.05) is 19.8 Å². The molecular weight excluding hydrogens is 336 g/mol. The van der Waals surface area contributed by atoms with Gasteiger partial charge in [-0.25, -0.2) is 23.1 Å². The first kappa shape index (κ1) is 17.8. The van der Waals surface area contributed by atoms with Gasteiger partial charge in [0.15, 0.2) is 0 Å². The monoisotopic (exact) mass is 360 g/mol. The van der Waals surface area contributed by atoms with Crippen molar-refractivity contribution in [3.8, 4) is 0 Å². The number of rotatable bonds is 5. The Morgan fingerprint density at radius 2 is 1.80 bits per heavy atom. The SMILES string of the molecule is Cc1cc(CNS(=O)(=O)c2ccc3c(c2)CCCC3)nc(N(C)C)n1. The minimum atomic E-state index is -3.56. The molecule has 1 aromatic heterocycles. The number of nitrogens with one attached hydrogen (secondary N) is 1. The van der Waals surface area contributed by atoms with Gasteiger partial charge in [0.05, 0.1) is 17.1 Å². The minimum Gasteiger partial charge on any atom is -0.347 e. The third kappa shape index (κ3) is 4.16. The zero-order valence-corrected chi connectivity index (χ0v) is 15.7. The van der Waals surface area contributed by atoms with Crippen molar-refractivity contribution >= 4 is 16.0 Å². The van der Waals surface area contributed by atoms with Crippen LogP contribution in [0.1, 0.15) is 35.4 Å². The molecular formula is C18H24N4O2S. The number of sulfonamides is 1. The Morgan fingerprint density at radius 1 is 1.08 bits per heavy atom. The Bertz CT molecular complexity index is 879. The maximum atomic E-state index is 12.6. The van der Waals surface area contributed by atoms with E-state index in [1.165, 1.54) is 12.0 Å². The van der Waals surface area contributed by atoms with Gasteiger partial charge in [-0.3, -0.25) is 0 Å². The summed E-state index contributed by atoms with van der Waals surface area (Å²) in [5.74, 6) is 0.572. The van der Waals surface area contributed by atoms with Crippen LogP contribution in [0.2, 0.25) is 0 Å². The normalized spacial score (nSPS) is 14.2. The molecule has 1 N–H and O–H groups in total. The van der Waals surface area contributed by atoms with Gasteiger partial charge in [0.2, 0.25) is 16.0 Å². The quantitative estimate of drug-likeness (QED) is 0.885. The number of hydrogen-bond acceptors (Lipinski definition) is 5. The van der Waals surface area contributed by atoms with Crippen LogP contribution in [0.3, 0.4) is 0 Å². The number of aromatic nitrogens is 2. The zero-order chi connectivity index (χ0) is 18.0. The summed E-state index contributed by atoms with van der Waals surface area (Å²) in [6.07, 6.45) is 4.29. The second kappa shape index (κ2) is 7.09. The van der Waals surface area contributed by atoms with E-state index in [9.17, 15) is 8.42 Å². The molecule has 1 heterocycles. The van der Waals surface area contributed by atoms with Crippen LogP contribution in [0.4, 0.5) is 5.95 Å². The number of anilines is 1. The fourth-order valence-corrected chi connectivity index (χ4v) is 4.09. The van der Waals surface area contributed by atoms with E-state index >= 15 is 0 Å². The van der Waals surface area contributed by atoms with E-state index in [1.807, 2.05) is 33.2 Å². The van der Waals surface area contributed by atoms with Crippen molar-refractivity contribution in [1.29, 1.82) is 0 Å². The highest BCUT2D eigenvalue weighted by molar-refractivity contribution is 7.89. The highest BCUT2D eigenvalue weighted by Gasteiger charge is 2.18. The molecule has 1 aliphatic carbocycles. The lowest BCUT2D eigenvalue weighted by Gasteiger charge is -2.17. The molecule has 1 aliphatic rings. The van der Waals surface area contributed by atoms with Crippen molar-refractivity contribution in [3.05, 3.63) is 46.8 Å². The van der Waals surface area contributed by atoms with Crippen LogP contribution >= 0.6 is 0 Å². The molecule has 0 radical (unpaired) electrons. The Morgan fingerprint density at radius 3 is 2.52 bits per heavy atom. The summed E-state index contributed by atoms with van der Waals surface area (Å²) in [5, 5.41) is 0. The van der Waals surface area contributed by atoms with Crippen molar-refractivity contribution in [3.63, 3.8) is 0 Å². The number of benzene rings is 1. The number of nitrogens with zero attached hydrogens (tertiary/aromatic N) is 3. The summed E-state index contributed by atoms with van der Waals surface area (Å²) < 4.78 is 27.9. The standard InChI is InChI=1S/C18H24N4O2S/c1-13-10-16(21-18(20-13)22(2)3)12-19-25(23,24)17-9-8-14-6-4-5-7-15(14)11-17/h8-11,19H,4-7,12H2,1-3H3. The average Bonchev–Trinajstić information content (AvgIpc) is 2.59. The third-order valence-electron chi connectivity index (χ3n) is 4.37. The maximum Gasteiger partial charge on any atom is 0.240 e. The smallest absolute Gasteiger partial charge is 0.240 e. The number of hydrogen-bond donors (Lipinski definition) is 1. The molecule has 7 heteroatoms. The van der Waals surface area contributed by atoms with Crippen molar-refractivity contribution in [1.82, 2.24) is 14.7 Å². The van der Waals surface area contributed by atoms with E-state index in [-0.39, 0.29) is 6.54 Å². The molecule has 0 aliphatic heterocycles. The first-order chi connectivity index (χ1) is 11.8. The molecule has 0 bridgehead atoms. The summed E-state index contributed by atoms with van der Waals surface area (Å²) in [5.41, 5.74) is 3.88. The van der Waals surface area contributed by atoms with Crippen molar-refractivity contribution in [2.75, 3.05) is 19.0 Å². The summed E-state index contributed by atoms with van der Waals surface area (Å²) in [6, 6.07) is 7.25. The highest BCUT2D eigenvalue weighted by Crippen LogP contribution is 2.24. The van der Waals surface area contributed by atoms with Crippen molar-refractivity contribution in [2.45, 2.75) is 44.0 Å². The molecule has 0 fully saturated rings. The van der Waals surface area contributed by atoms with Crippen LogP contribution in [-0.4, -0.2) is 32.5 Å². The van der Waals surface area contributed by atoms with E-state index in [0.717, 1.165) is 30.5 Å². The molecule has 0 atom stereocenters. The zero-order valence-electron chi connectivity index (χ0n) is 14.9. The summed E-state index contributed by atoms with van der Waals surface area (Å²) >= 11 is 0. The van der Waals surface area contributed by atoms with Crippen molar-refractivity contribution in [2.24, 2.45) is 0 Å². The second-order valence-electron chi connectivity index (χ2n) is 6.66. The molecule has 25 heavy (non-hydrogen) atoms. The lowest BCUT2D eigenvalue weighted by atomic mass is 9.92. The molecule has 0 spiro atoms. The Kier molecular flexibility index (Phi) is 5.06. The Balaban J connectivity index is 1.78. The van der Waals surface area contributed by atoms with Gasteiger partial charge in [-0.05, 0) is 61.9 Å². The summed E-state index contributed by atoms with van der Waals surface area (Å²) in [4.78, 5) is 10.8. The van der Waals surface area contributed by atoms with Crippen LogP contribution in [0.25, 0.3) is 0 Å². The molecule has 0 amide bonds. The highest BCUT2D eigenvalue weighted by atomic mass is 32.2. The van der Waals surface area contributed by atoms with Gasteiger partial charge in [0.1, 0.15) is 0 Å². The summed E-state index contributed by atoms with van der Waals surface area (Å²) in [6.45, 7) is 2.01. The van der Waals surface area contributed by atoms with E-state index in [2.05, 4.69) is 14.7 Å². The van der Waals surface area contributed by atoms with Crippen LogP contribution in [-0.2, 0) is 29.4 Å². The lowest BCUT2D eigenvalue weighted by molar-refractivity contribution is 0.579. The van der Waals surface area contributed by atoms with Gasteiger partial charge in [-0.1, -0.05) is 6.07 Å². The largest absolute Gasteiger partial charge is 0.347 e.